The fourth-order valence-corrected chi connectivity index (χ4v) is 2.92. The molecule has 3 unspecified atom stereocenters. The van der Waals surface area contributed by atoms with E-state index in [-0.39, 0.29) is 11.9 Å². The Balaban J connectivity index is 1.90. The van der Waals surface area contributed by atoms with E-state index >= 15 is 0 Å². The molecule has 0 saturated heterocycles. The van der Waals surface area contributed by atoms with E-state index in [1.54, 1.807) is 25.1 Å². The van der Waals surface area contributed by atoms with Gasteiger partial charge in [0.05, 0.1) is 5.02 Å². The molecule has 110 valence electrons. The van der Waals surface area contributed by atoms with E-state index < -0.39 is 6.10 Å². The second-order valence-electron chi connectivity index (χ2n) is 5.46. The normalized spacial score (nSPS) is 23.4. The van der Waals surface area contributed by atoms with Gasteiger partial charge in [0.1, 0.15) is 5.75 Å². The minimum Gasteiger partial charge on any atom is -0.479 e. The third kappa shape index (κ3) is 4.03. The molecule has 1 aromatic carbocycles. The fourth-order valence-electron chi connectivity index (χ4n) is 2.47. The van der Waals surface area contributed by atoms with Crippen molar-refractivity contribution in [2.75, 3.05) is 0 Å². The van der Waals surface area contributed by atoms with Gasteiger partial charge in [-0.15, -0.1) is 0 Å². The van der Waals surface area contributed by atoms with Gasteiger partial charge in [-0.25, -0.2) is 0 Å². The average Bonchev–Trinajstić information content (AvgIpc) is 2.78. The molecule has 0 spiro atoms. The molecule has 1 fully saturated rings. The number of nitrogens with one attached hydrogen (secondary N) is 1. The lowest BCUT2D eigenvalue weighted by molar-refractivity contribution is -0.127. The van der Waals surface area contributed by atoms with Crippen molar-refractivity contribution in [3.8, 4) is 5.75 Å². The van der Waals surface area contributed by atoms with Crippen LogP contribution in [0.4, 0.5) is 0 Å². The van der Waals surface area contributed by atoms with Crippen molar-refractivity contribution in [3.63, 3.8) is 0 Å². The number of rotatable bonds is 4. The molecule has 1 aliphatic rings. The highest BCUT2D eigenvalue weighted by Gasteiger charge is 2.25. The number of carbonyl (C=O) groups is 1. The van der Waals surface area contributed by atoms with Crippen molar-refractivity contribution in [3.05, 3.63) is 28.2 Å². The molecule has 3 atom stereocenters. The molecule has 5 heteroatoms. The number of hydrogen-bond acceptors (Lipinski definition) is 2. The molecule has 0 radical (unpaired) electrons. The molecule has 1 saturated carbocycles. The summed E-state index contributed by atoms with van der Waals surface area (Å²) in [4.78, 5) is 12.1. The summed E-state index contributed by atoms with van der Waals surface area (Å²) in [7, 11) is 0. The molecule has 0 aliphatic heterocycles. The van der Waals surface area contributed by atoms with Crippen LogP contribution in [0.2, 0.25) is 10.0 Å². The van der Waals surface area contributed by atoms with Gasteiger partial charge in [-0.05, 0) is 50.3 Å². The summed E-state index contributed by atoms with van der Waals surface area (Å²) >= 11 is 11.9. The van der Waals surface area contributed by atoms with E-state index in [0.29, 0.717) is 21.7 Å². The Hall–Kier alpha value is -0.930. The van der Waals surface area contributed by atoms with Crippen LogP contribution >= 0.6 is 23.2 Å². The third-order valence-corrected chi connectivity index (χ3v) is 4.14. The first-order chi connectivity index (χ1) is 9.45. The predicted octanol–water partition coefficient (Wildman–Crippen LogP) is 4.07. The summed E-state index contributed by atoms with van der Waals surface area (Å²) in [6.07, 6.45) is 2.68. The Bertz CT molecular complexity index is 493. The van der Waals surface area contributed by atoms with Gasteiger partial charge in [-0.2, -0.15) is 0 Å². The van der Waals surface area contributed by atoms with Gasteiger partial charge in [0.15, 0.2) is 6.10 Å². The minimum atomic E-state index is -0.579. The topological polar surface area (TPSA) is 38.3 Å². The molecule has 3 nitrogen and oxygen atoms in total. The number of benzene rings is 1. The first-order valence-corrected chi connectivity index (χ1v) is 7.63. The summed E-state index contributed by atoms with van der Waals surface area (Å²) in [6, 6.07) is 5.23. The van der Waals surface area contributed by atoms with Gasteiger partial charge in [-0.1, -0.05) is 30.1 Å². The van der Waals surface area contributed by atoms with Crippen molar-refractivity contribution in [1.82, 2.24) is 5.32 Å². The van der Waals surface area contributed by atoms with Crippen molar-refractivity contribution < 1.29 is 9.53 Å². The Morgan fingerprint density at radius 1 is 1.40 bits per heavy atom. The van der Waals surface area contributed by atoms with Crippen LogP contribution in [0.25, 0.3) is 0 Å². The lowest BCUT2D eigenvalue weighted by atomic mass is 10.1. The second-order valence-corrected chi connectivity index (χ2v) is 6.30. The minimum absolute atomic E-state index is 0.102. The highest BCUT2D eigenvalue weighted by Crippen LogP contribution is 2.28. The van der Waals surface area contributed by atoms with Gasteiger partial charge in [-0.3, -0.25) is 4.79 Å². The van der Waals surface area contributed by atoms with Crippen LogP contribution in [0.3, 0.4) is 0 Å². The zero-order chi connectivity index (χ0) is 14.7. The molecular weight excluding hydrogens is 297 g/mol. The standard InChI is InChI=1S/C15H19Cl2NO2/c1-9-3-5-12(7-9)18-15(19)10(2)20-14-6-4-11(16)8-13(14)17/h4,6,8-10,12H,3,5,7H2,1-2H3,(H,18,19). The molecule has 0 aromatic heterocycles. The monoisotopic (exact) mass is 315 g/mol. The molecule has 1 N–H and O–H groups in total. The Morgan fingerprint density at radius 3 is 2.75 bits per heavy atom. The van der Waals surface area contributed by atoms with Crippen LogP contribution in [-0.4, -0.2) is 18.1 Å². The molecule has 1 aromatic rings. The maximum Gasteiger partial charge on any atom is 0.260 e. The molecule has 0 bridgehead atoms. The van der Waals surface area contributed by atoms with Gasteiger partial charge >= 0.3 is 0 Å². The van der Waals surface area contributed by atoms with Crippen molar-refractivity contribution >= 4 is 29.1 Å². The summed E-state index contributed by atoms with van der Waals surface area (Å²) < 4.78 is 5.60. The summed E-state index contributed by atoms with van der Waals surface area (Å²) in [5.41, 5.74) is 0. The summed E-state index contributed by atoms with van der Waals surface area (Å²) in [6.45, 7) is 3.93. The highest BCUT2D eigenvalue weighted by molar-refractivity contribution is 6.35. The molecule has 1 aliphatic carbocycles. The van der Waals surface area contributed by atoms with E-state index in [4.69, 9.17) is 27.9 Å². The largest absolute Gasteiger partial charge is 0.479 e. The predicted molar refractivity (Wildman–Crippen MR) is 81.5 cm³/mol. The SMILES string of the molecule is CC1CCC(NC(=O)C(C)Oc2ccc(Cl)cc2Cl)C1. The molecule has 1 amide bonds. The van der Waals surface area contributed by atoms with Crippen LogP contribution in [0, 0.1) is 5.92 Å². The summed E-state index contributed by atoms with van der Waals surface area (Å²) in [5, 5.41) is 3.98. The van der Waals surface area contributed by atoms with Crippen molar-refractivity contribution in [2.24, 2.45) is 5.92 Å². The van der Waals surface area contributed by atoms with Crippen molar-refractivity contribution in [1.29, 1.82) is 0 Å². The lowest BCUT2D eigenvalue weighted by Gasteiger charge is -2.18. The Kier molecular flexibility index (Phi) is 5.17. The van der Waals surface area contributed by atoms with Crippen LogP contribution < -0.4 is 10.1 Å². The third-order valence-electron chi connectivity index (χ3n) is 3.61. The maximum atomic E-state index is 12.1. The number of amides is 1. The smallest absolute Gasteiger partial charge is 0.260 e. The van der Waals surface area contributed by atoms with Gasteiger partial charge in [0.25, 0.3) is 5.91 Å². The Labute approximate surface area is 129 Å². The van der Waals surface area contributed by atoms with Gasteiger partial charge < -0.3 is 10.1 Å². The number of carbonyl (C=O) groups excluding carboxylic acids is 1. The molecular formula is C15H19Cl2NO2. The second kappa shape index (κ2) is 6.68. The zero-order valence-corrected chi connectivity index (χ0v) is 13.2. The highest BCUT2D eigenvalue weighted by atomic mass is 35.5. The van der Waals surface area contributed by atoms with Crippen LogP contribution in [0.5, 0.6) is 5.75 Å². The van der Waals surface area contributed by atoms with Gasteiger partial charge in [0.2, 0.25) is 0 Å². The Morgan fingerprint density at radius 2 is 2.15 bits per heavy atom. The first-order valence-electron chi connectivity index (χ1n) is 6.87. The molecule has 20 heavy (non-hydrogen) atoms. The summed E-state index contributed by atoms with van der Waals surface area (Å²) in [5.74, 6) is 1.05. The zero-order valence-electron chi connectivity index (χ0n) is 11.7. The average molecular weight is 316 g/mol. The molecule has 0 heterocycles. The maximum absolute atomic E-state index is 12.1. The van der Waals surface area contributed by atoms with E-state index in [0.717, 1.165) is 12.8 Å². The molecule has 2 rings (SSSR count). The van der Waals surface area contributed by atoms with E-state index in [2.05, 4.69) is 12.2 Å². The van der Waals surface area contributed by atoms with E-state index in [9.17, 15) is 4.79 Å². The van der Waals surface area contributed by atoms with E-state index in [1.807, 2.05) is 0 Å². The van der Waals surface area contributed by atoms with Crippen molar-refractivity contribution in [2.45, 2.75) is 45.3 Å². The fraction of sp³-hybridized carbons (Fsp3) is 0.533. The van der Waals surface area contributed by atoms with E-state index in [1.165, 1.54) is 6.42 Å². The van der Waals surface area contributed by atoms with Gasteiger partial charge in [0, 0.05) is 11.1 Å². The lowest BCUT2D eigenvalue weighted by Crippen LogP contribution is -2.41. The van der Waals surface area contributed by atoms with Crippen LogP contribution in [-0.2, 0) is 4.79 Å². The first kappa shape index (κ1) is 15.5. The van der Waals surface area contributed by atoms with Crippen LogP contribution in [0.1, 0.15) is 33.1 Å². The number of hydrogen-bond donors (Lipinski definition) is 1. The number of ether oxygens (including phenoxy) is 1. The van der Waals surface area contributed by atoms with Crippen LogP contribution in [0.15, 0.2) is 18.2 Å². The number of halogens is 2. The quantitative estimate of drug-likeness (QED) is 0.909.